The molecule has 1 saturated carbocycles. The summed E-state index contributed by atoms with van der Waals surface area (Å²) < 4.78 is 38.7. The van der Waals surface area contributed by atoms with Crippen molar-refractivity contribution >= 4 is 22.9 Å². The quantitative estimate of drug-likeness (QED) is 0.832. The molecule has 0 heterocycles. The SMILES string of the molecule is Cc1ccc(C(N)=S)c(NC2(C(F)(F)F)CC2)c1. The van der Waals surface area contributed by atoms with Gasteiger partial charge in [-0.1, -0.05) is 18.3 Å². The Labute approximate surface area is 108 Å². The van der Waals surface area contributed by atoms with Crippen LogP contribution < -0.4 is 11.1 Å². The number of benzene rings is 1. The number of rotatable bonds is 3. The molecule has 1 aromatic carbocycles. The van der Waals surface area contributed by atoms with Gasteiger partial charge in [-0.05, 0) is 37.5 Å². The molecule has 0 radical (unpaired) electrons. The topological polar surface area (TPSA) is 38.0 Å². The highest BCUT2D eigenvalue weighted by Crippen LogP contribution is 2.51. The van der Waals surface area contributed by atoms with Gasteiger partial charge in [-0.15, -0.1) is 0 Å². The molecule has 1 aliphatic carbocycles. The van der Waals surface area contributed by atoms with Crippen LogP contribution in [-0.2, 0) is 0 Å². The second-order valence-corrected chi connectivity index (χ2v) is 5.06. The molecule has 3 N–H and O–H groups in total. The van der Waals surface area contributed by atoms with Crippen LogP contribution in [-0.4, -0.2) is 16.7 Å². The summed E-state index contributed by atoms with van der Waals surface area (Å²) in [4.78, 5) is 0.0930. The Bertz CT molecular complexity index is 493. The molecule has 1 aliphatic rings. The average molecular weight is 274 g/mol. The molecular weight excluding hydrogens is 261 g/mol. The van der Waals surface area contributed by atoms with Crippen LogP contribution in [0.5, 0.6) is 0 Å². The van der Waals surface area contributed by atoms with E-state index in [2.05, 4.69) is 5.32 Å². The Morgan fingerprint density at radius 2 is 2.00 bits per heavy atom. The van der Waals surface area contributed by atoms with Gasteiger partial charge in [0, 0.05) is 11.3 Å². The molecule has 2 nitrogen and oxygen atoms in total. The first-order valence-corrected chi connectivity index (χ1v) is 5.91. The van der Waals surface area contributed by atoms with Gasteiger partial charge in [-0.2, -0.15) is 13.2 Å². The van der Waals surface area contributed by atoms with Crippen molar-refractivity contribution in [3.63, 3.8) is 0 Å². The van der Waals surface area contributed by atoms with Crippen LogP contribution in [0.15, 0.2) is 18.2 Å². The molecule has 2 rings (SSSR count). The van der Waals surface area contributed by atoms with Gasteiger partial charge in [0.15, 0.2) is 0 Å². The summed E-state index contributed by atoms with van der Waals surface area (Å²) in [6, 6.07) is 5.06. The number of nitrogens with one attached hydrogen (secondary N) is 1. The summed E-state index contributed by atoms with van der Waals surface area (Å²) in [6.45, 7) is 1.81. The van der Waals surface area contributed by atoms with E-state index < -0.39 is 11.7 Å². The summed E-state index contributed by atoms with van der Waals surface area (Å²) in [5, 5.41) is 2.57. The summed E-state index contributed by atoms with van der Waals surface area (Å²) in [6.07, 6.45) is -4.09. The largest absolute Gasteiger partial charge is 0.411 e. The monoisotopic (exact) mass is 274 g/mol. The third-order valence-electron chi connectivity index (χ3n) is 3.11. The summed E-state index contributed by atoms with van der Waals surface area (Å²) in [7, 11) is 0. The van der Waals surface area contributed by atoms with Crippen LogP contribution in [0.3, 0.4) is 0 Å². The smallest absolute Gasteiger partial charge is 0.389 e. The third kappa shape index (κ3) is 2.29. The van der Waals surface area contributed by atoms with Crippen molar-refractivity contribution in [3.8, 4) is 0 Å². The van der Waals surface area contributed by atoms with Crippen LogP contribution in [0, 0.1) is 6.92 Å². The first-order chi connectivity index (χ1) is 8.25. The fraction of sp³-hybridized carbons (Fsp3) is 0.417. The molecule has 0 bridgehead atoms. The summed E-state index contributed by atoms with van der Waals surface area (Å²) in [5.74, 6) is 0. The van der Waals surface area contributed by atoms with Gasteiger partial charge in [0.2, 0.25) is 0 Å². The number of nitrogens with two attached hydrogens (primary N) is 1. The van der Waals surface area contributed by atoms with Crippen molar-refractivity contribution < 1.29 is 13.2 Å². The first kappa shape index (κ1) is 13.1. The standard InChI is InChI=1S/C12H13F3N2S/c1-7-2-3-8(10(16)18)9(6-7)17-11(4-5-11)12(13,14)15/h2-3,6,17H,4-5H2,1H3,(H2,16,18). The highest BCUT2D eigenvalue weighted by atomic mass is 32.1. The minimum Gasteiger partial charge on any atom is -0.389 e. The average Bonchev–Trinajstić information content (AvgIpc) is 2.97. The van der Waals surface area contributed by atoms with E-state index in [1.807, 2.05) is 6.92 Å². The second-order valence-electron chi connectivity index (χ2n) is 4.62. The maximum Gasteiger partial charge on any atom is 0.411 e. The molecule has 0 saturated heterocycles. The Balaban J connectivity index is 2.35. The van der Waals surface area contributed by atoms with E-state index in [-0.39, 0.29) is 17.8 Å². The normalized spacial score (nSPS) is 17.3. The number of anilines is 1. The number of halogens is 3. The molecule has 0 unspecified atom stereocenters. The number of hydrogen-bond donors (Lipinski definition) is 2. The zero-order valence-electron chi connectivity index (χ0n) is 9.77. The molecular formula is C12H13F3N2S. The zero-order chi connectivity index (χ0) is 13.6. The fourth-order valence-corrected chi connectivity index (χ4v) is 2.02. The third-order valence-corrected chi connectivity index (χ3v) is 3.33. The van der Waals surface area contributed by atoms with Gasteiger partial charge in [-0.3, -0.25) is 0 Å². The molecule has 1 aromatic rings. The van der Waals surface area contributed by atoms with Crippen LogP contribution >= 0.6 is 12.2 Å². The lowest BCUT2D eigenvalue weighted by Crippen LogP contribution is -2.39. The number of hydrogen-bond acceptors (Lipinski definition) is 2. The van der Waals surface area contributed by atoms with E-state index in [4.69, 9.17) is 18.0 Å². The maximum absolute atomic E-state index is 12.9. The van der Waals surface area contributed by atoms with E-state index in [1.165, 1.54) is 0 Å². The Hall–Kier alpha value is -1.30. The molecule has 0 aromatic heterocycles. The predicted octanol–water partition coefficient (Wildman–Crippen LogP) is 3.14. The van der Waals surface area contributed by atoms with Gasteiger partial charge in [0.1, 0.15) is 10.5 Å². The molecule has 6 heteroatoms. The molecule has 18 heavy (non-hydrogen) atoms. The van der Waals surface area contributed by atoms with Crippen molar-refractivity contribution in [2.45, 2.75) is 31.5 Å². The first-order valence-electron chi connectivity index (χ1n) is 5.50. The molecule has 1 fully saturated rings. The molecule has 98 valence electrons. The Kier molecular flexibility index (Phi) is 3.01. The minimum atomic E-state index is -4.26. The van der Waals surface area contributed by atoms with Gasteiger partial charge < -0.3 is 11.1 Å². The van der Waals surface area contributed by atoms with Gasteiger partial charge >= 0.3 is 6.18 Å². The zero-order valence-corrected chi connectivity index (χ0v) is 10.6. The highest BCUT2D eigenvalue weighted by Gasteiger charge is 2.63. The summed E-state index contributed by atoms with van der Waals surface area (Å²) >= 11 is 4.85. The van der Waals surface area contributed by atoms with E-state index in [0.717, 1.165) is 5.56 Å². The van der Waals surface area contributed by atoms with E-state index in [0.29, 0.717) is 11.3 Å². The van der Waals surface area contributed by atoms with E-state index >= 15 is 0 Å². The number of thiocarbonyl (C=S) groups is 1. The van der Waals surface area contributed by atoms with Crippen molar-refractivity contribution in [3.05, 3.63) is 29.3 Å². The van der Waals surface area contributed by atoms with Crippen LogP contribution in [0.25, 0.3) is 0 Å². The van der Waals surface area contributed by atoms with Crippen molar-refractivity contribution in [2.75, 3.05) is 5.32 Å². The van der Waals surface area contributed by atoms with Crippen LogP contribution in [0.1, 0.15) is 24.0 Å². The van der Waals surface area contributed by atoms with Crippen molar-refractivity contribution in [2.24, 2.45) is 5.73 Å². The van der Waals surface area contributed by atoms with Crippen LogP contribution in [0.2, 0.25) is 0 Å². The maximum atomic E-state index is 12.9. The fourth-order valence-electron chi connectivity index (χ4n) is 1.84. The molecule has 0 aliphatic heterocycles. The predicted molar refractivity (Wildman–Crippen MR) is 68.7 cm³/mol. The molecule has 0 spiro atoms. The van der Waals surface area contributed by atoms with Gasteiger partial charge in [0.25, 0.3) is 0 Å². The van der Waals surface area contributed by atoms with E-state index in [9.17, 15) is 13.2 Å². The van der Waals surface area contributed by atoms with Crippen LogP contribution in [0.4, 0.5) is 18.9 Å². The highest BCUT2D eigenvalue weighted by molar-refractivity contribution is 7.80. The number of alkyl halides is 3. The Morgan fingerprint density at radius 1 is 1.39 bits per heavy atom. The van der Waals surface area contributed by atoms with Gasteiger partial charge in [0.05, 0.1) is 0 Å². The molecule has 0 amide bonds. The number of aryl methyl sites for hydroxylation is 1. The lowest BCUT2D eigenvalue weighted by Gasteiger charge is -2.23. The summed E-state index contributed by atoms with van der Waals surface area (Å²) in [5.41, 5.74) is 5.38. The minimum absolute atomic E-state index is 0.0845. The molecule has 0 atom stereocenters. The van der Waals surface area contributed by atoms with Gasteiger partial charge in [-0.25, -0.2) is 0 Å². The lowest BCUT2D eigenvalue weighted by atomic mass is 10.1. The Morgan fingerprint density at radius 3 is 2.44 bits per heavy atom. The van der Waals surface area contributed by atoms with Crippen molar-refractivity contribution in [1.29, 1.82) is 0 Å². The second kappa shape index (κ2) is 4.12. The van der Waals surface area contributed by atoms with E-state index in [1.54, 1.807) is 18.2 Å². The lowest BCUT2D eigenvalue weighted by molar-refractivity contribution is -0.151. The van der Waals surface area contributed by atoms with Crippen molar-refractivity contribution in [1.82, 2.24) is 0 Å².